The van der Waals surface area contributed by atoms with Crippen LogP contribution in [0.4, 0.5) is 5.69 Å². The van der Waals surface area contributed by atoms with Gasteiger partial charge < -0.3 is 0 Å². The van der Waals surface area contributed by atoms with E-state index in [4.69, 9.17) is 0 Å². The smallest absolute Gasteiger partial charge is 0.0996 e. The van der Waals surface area contributed by atoms with E-state index in [1.165, 1.54) is 21.6 Å². The van der Waals surface area contributed by atoms with E-state index in [-0.39, 0.29) is 0 Å². The van der Waals surface area contributed by atoms with Gasteiger partial charge in [-0.1, -0.05) is 94.1 Å². The summed E-state index contributed by atoms with van der Waals surface area (Å²) in [6, 6.07) is 27.1. The van der Waals surface area contributed by atoms with Crippen molar-refractivity contribution in [2.45, 2.75) is 56.7 Å². The van der Waals surface area contributed by atoms with Crippen LogP contribution in [0.2, 0.25) is 0 Å². The zero-order chi connectivity index (χ0) is 21.8. The summed E-state index contributed by atoms with van der Waals surface area (Å²) in [4.78, 5) is 2.30. The predicted molar refractivity (Wildman–Crippen MR) is 131 cm³/mol. The number of nitrogens with zero attached hydrogens (tertiary/aromatic N) is 2. The van der Waals surface area contributed by atoms with E-state index in [1.54, 1.807) is 11.8 Å². The van der Waals surface area contributed by atoms with Gasteiger partial charge in [0.05, 0.1) is 5.69 Å². The van der Waals surface area contributed by atoms with E-state index < -0.39 is 0 Å². The molecule has 0 saturated carbocycles. The highest BCUT2D eigenvalue weighted by Gasteiger charge is 2.11. The lowest BCUT2D eigenvalue weighted by molar-refractivity contribution is 0.862. The molecule has 0 aliphatic carbocycles. The number of hydrogen-bond acceptors (Lipinski definition) is 3. The fraction of sp³-hybridized carbons (Fsp3) is 0.259. The molecule has 0 aliphatic rings. The monoisotopic (exact) mass is 416 g/mol. The number of allylic oxidation sites excluding steroid dienone is 1. The summed E-state index contributed by atoms with van der Waals surface area (Å²) >= 11 is 1.71. The number of rotatable bonds is 7. The second-order valence-corrected chi connectivity index (χ2v) is 7.86. The van der Waals surface area contributed by atoms with Crippen LogP contribution in [-0.4, -0.2) is 0 Å². The third-order valence-electron chi connectivity index (χ3n) is 4.85. The molecule has 3 rings (SSSR count). The van der Waals surface area contributed by atoms with Gasteiger partial charge in [-0.15, -0.1) is 5.11 Å². The average Bonchev–Trinajstić information content (AvgIpc) is 2.81. The molecule has 0 spiro atoms. The number of azo groups is 1. The van der Waals surface area contributed by atoms with Gasteiger partial charge in [0.1, 0.15) is 0 Å². The lowest BCUT2D eigenvalue weighted by Crippen LogP contribution is -1.99. The highest BCUT2D eigenvalue weighted by Crippen LogP contribution is 2.35. The van der Waals surface area contributed by atoms with Gasteiger partial charge in [0.25, 0.3) is 0 Å². The summed E-state index contributed by atoms with van der Waals surface area (Å²) in [5, 5.41) is 8.88. The summed E-state index contributed by atoms with van der Waals surface area (Å²) in [7, 11) is 0. The molecule has 3 aromatic rings. The second-order valence-electron chi connectivity index (χ2n) is 6.75. The average molecular weight is 417 g/mol. The molecule has 0 bridgehead atoms. The van der Waals surface area contributed by atoms with Crippen LogP contribution in [0.25, 0.3) is 0 Å². The molecule has 0 fully saturated rings. The van der Waals surface area contributed by atoms with Gasteiger partial charge >= 0.3 is 0 Å². The van der Waals surface area contributed by atoms with Gasteiger partial charge in [0, 0.05) is 21.9 Å². The first kappa shape index (κ1) is 23.6. The Morgan fingerprint density at radius 2 is 1.53 bits per heavy atom. The Hall–Kier alpha value is -2.65. The van der Waals surface area contributed by atoms with E-state index in [2.05, 4.69) is 73.5 Å². The molecular weight excluding hydrogens is 384 g/mol. The zero-order valence-electron chi connectivity index (χ0n) is 18.7. The summed E-state index contributed by atoms with van der Waals surface area (Å²) in [5.41, 5.74) is 4.86. The molecule has 156 valence electrons. The van der Waals surface area contributed by atoms with Crippen LogP contribution in [0, 0.1) is 0 Å². The molecule has 0 aliphatic heterocycles. The number of aryl methyl sites for hydroxylation is 1. The molecule has 2 nitrogen and oxygen atoms in total. The van der Waals surface area contributed by atoms with Crippen molar-refractivity contribution in [2.75, 3.05) is 0 Å². The third-order valence-corrected chi connectivity index (χ3v) is 5.92. The van der Waals surface area contributed by atoms with Crippen molar-refractivity contribution >= 4 is 17.4 Å². The molecule has 3 aromatic carbocycles. The normalized spacial score (nSPS) is 12.4. The lowest BCUT2D eigenvalue weighted by atomic mass is 9.90. The largest absolute Gasteiger partial charge is 0.159 e. The Labute approximate surface area is 186 Å². The van der Waals surface area contributed by atoms with Crippen LogP contribution in [-0.2, 0) is 6.42 Å². The van der Waals surface area contributed by atoms with E-state index in [9.17, 15) is 0 Å². The van der Waals surface area contributed by atoms with Gasteiger partial charge in [-0.3, -0.25) is 0 Å². The van der Waals surface area contributed by atoms with Gasteiger partial charge in [0.15, 0.2) is 0 Å². The second kappa shape index (κ2) is 12.8. The van der Waals surface area contributed by atoms with Crippen molar-refractivity contribution in [1.82, 2.24) is 0 Å². The first-order chi connectivity index (χ1) is 14.7. The van der Waals surface area contributed by atoms with Crippen molar-refractivity contribution in [3.63, 3.8) is 0 Å². The quantitative estimate of drug-likeness (QED) is 0.352. The Morgan fingerprint density at radius 1 is 0.900 bits per heavy atom. The van der Waals surface area contributed by atoms with Crippen molar-refractivity contribution in [3.8, 4) is 0 Å². The number of benzene rings is 3. The predicted octanol–water partition coefficient (Wildman–Crippen LogP) is 9.22. The summed E-state index contributed by atoms with van der Waals surface area (Å²) in [6.07, 6.45) is 2.93. The van der Waals surface area contributed by atoms with E-state index in [0.29, 0.717) is 5.92 Å². The first-order valence-electron chi connectivity index (χ1n) is 10.7. The molecule has 0 aromatic heterocycles. The molecule has 0 saturated heterocycles. The minimum Gasteiger partial charge on any atom is -0.159 e. The van der Waals surface area contributed by atoms with Crippen LogP contribution in [0.1, 0.15) is 51.7 Å². The Morgan fingerprint density at radius 3 is 2.27 bits per heavy atom. The maximum absolute atomic E-state index is 4.49. The molecule has 1 atom stereocenters. The molecular formula is C27H32N2S. The first-order valence-corrected chi connectivity index (χ1v) is 11.5. The van der Waals surface area contributed by atoms with Gasteiger partial charge in [0.2, 0.25) is 0 Å². The summed E-state index contributed by atoms with van der Waals surface area (Å²) < 4.78 is 0. The summed E-state index contributed by atoms with van der Waals surface area (Å²) in [5.74, 6) is 0.323. The topological polar surface area (TPSA) is 24.7 Å². The highest BCUT2D eigenvalue weighted by atomic mass is 32.2. The van der Waals surface area contributed by atoms with Crippen molar-refractivity contribution < 1.29 is 0 Å². The fourth-order valence-corrected chi connectivity index (χ4v) is 3.97. The minimum absolute atomic E-state index is 0.323. The summed E-state index contributed by atoms with van der Waals surface area (Å²) in [6.45, 7) is 10.6. The molecule has 0 amide bonds. The van der Waals surface area contributed by atoms with Crippen molar-refractivity contribution in [1.29, 1.82) is 0 Å². The van der Waals surface area contributed by atoms with Crippen molar-refractivity contribution in [2.24, 2.45) is 10.2 Å². The van der Waals surface area contributed by atoms with Gasteiger partial charge in [-0.25, -0.2) is 0 Å². The molecule has 3 heteroatoms. The van der Waals surface area contributed by atoms with Crippen LogP contribution in [0.15, 0.2) is 111 Å². The SMILES string of the molecule is CC.CCc1ccccc1C(C)/C(C)=C\N=Nc1ccccc1Sc1ccccc1. The van der Waals surface area contributed by atoms with E-state index >= 15 is 0 Å². The lowest BCUT2D eigenvalue weighted by Gasteiger charge is -2.15. The molecule has 0 radical (unpaired) electrons. The minimum atomic E-state index is 0.323. The van der Waals surface area contributed by atoms with Crippen LogP contribution in [0.3, 0.4) is 0 Å². The Kier molecular flexibility index (Phi) is 10.1. The fourth-order valence-electron chi connectivity index (χ4n) is 3.06. The Balaban J connectivity index is 0.00000155. The van der Waals surface area contributed by atoms with E-state index in [1.807, 2.05) is 56.4 Å². The highest BCUT2D eigenvalue weighted by molar-refractivity contribution is 7.99. The number of hydrogen-bond donors (Lipinski definition) is 0. The van der Waals surface area contributed by atoms with Crippen LogP contribution < -0.4 is 0 Å². The van der Waals surface area contributed by atoms with Crippen LogP contribution in [0.5, 0.6) is 0 Å². The Bertz CT molecular complexity index is 961. The maximum Gasteiger partial charge on any atom is 0.0996 e. The van der Waals surface area contributed by atoms with E-state index in [0.717, 1.165) is 17.0 Å². The van der Waals surface area contributed by atoms with Crippen LogP contribution >= 0.6 is 11.8 Å². The zero-order valence-corrected chi connectivity index (χ0v) is 19.5. The van der Waals surface area contributed by atoms with Gasteiger partial charge in [-0.05, 0) is 54.3 Å². The molecule has 30 heavy (non-hydrogen) atoms. The molecule has 0 N–H and O–H groups in total. The molecule has 0 heterocycles. The third kappa shape index (κ3) is 6.70. The molecule has 1 unspecified atom stereocenters. The van der Waals surface area contributed by atoms with Gasteiger partial charge in [-0.2, -0.15) is 5.11 Å². The maximum atomic E-state index is 4.49. The standard InChI is InChI=1S/C25H26N2S.C2H6/c1-4-21-12-8-9-15-23(21)20(3)19(2)18-26-27-24-16-10-11-17-25(24)28-22-13-6-5-7-14-22;1-2/h5-18,20H,4H2,1-3H3;1-2H3/b19-18-,27-26?;. The van der Waals surface area contributed by atoms with Crippen molar-refractivity contribution in [3.05, 3.63) is 102 Å².